The van der Waals surface area contributed by atoms with Crippen LogP contribution in [0.4, 0.5) is 0 Å². The zero-order chi connectivity index (χ0) is 13.1. The highest BCUT2D eigenvalue weighted by Gasteiger charge is 2.22. The van der Waals surface area contributed by atoms with Crippen molar-refractivity contribution in [2.45, 2.75) is 25.9 Å². The molecule has 1 aromatic rings. The summed E-state index contributed by atoms with van der Waals surface area (Å²) < 4.78 is 5.38. The Hall–Kier alpha value is -0.770. The maximum Gasteiger partial charge on any atom is 0.123 e. The molecule has 0 bridgehead atoms. The van der Waals surface area contributed by atoms with Gasteiger partial charge in [0.05, 0.1) is 7.11 Å². The number of methoxy groups -OCH3 is 1. The fraction of sp³-hybridized carbons (Fsp3) is 0.571. The minimum Gasteiger partial charge on any atom is -0.496 e. The molecule has 2 rings (SSSR count). The fourth-order valence-corrected chi connectivity index (χ4v) is 2.95. The van der Waals surface area contributed by atoms with E-state index in [9.17, 15) is 0 Å². The van der Waals surface area contributed by atoms with Crippen molar-refractivity contribution in [1.82, 2.24) is 4.90 Å². The predicted molar refractivity (Wildman–Crippen MR) is 75.0 cm³/mol. The van der Waals surface area contributed by atoms with E-state index in [1.54, 1.807) is 7.11 Å². The molecule has 1 saturated heterocycles. The average Bonchev–Trinajstić information content (AvgIpc) is 2.27. The van der Waals surface area contributed by atoms with Gasteiger partial charge in [0.25, 0.3) is 0 Å². The zero-order valence-corrected chi connectivity index (χ0v) is 11.8. The third-order valence-corrected chi connectivity index (χ3v) is 3.64. The zero-order valence-electron chi connectivity index (χ0n) is 11.0. The second-order valence-electron chi connectivity index (χ2n) is 5.25. The van der Waals surface area contributed by atoms with Gasteiger partial charge in [-0.05, 0) is 30.5 Å². The molecule has 0 spiro atoms. The topological polar surface area (TPSA) is 38.5 Å². The van der Waals surface area contributed by atoms with Crippen molar-refractivity contribution in [3.05, 3.63) is 28.8 Å². The average molecular weight is 269 g/mol. The summed E-state index contributed by atoms with van der Waals surface area (Å²) in [5.74, 6) is 1.55. The first-order chi connectivity index (χ1) is 8.58. The largest absolute Gasteiger partial charge is 0.496 e. The van der Waals surface area contributed by atoms with E-state index in [4.69, 9.17) is 22.1 Å². The molecule has 100 valence electrons. The Kier molecular flexibility index (Phi) is 4.49. The summed E-state index contributed by atoms with van der Waals surface area (Å²) in [6, 6.07) is 6.03. The van der Waals surface area contributed by atoms with Crippen LogP contribution >= 0.6 is 11.6 Å². The van der Waals surface area contributed by atoms with Crippen LogP contribution in [0.25, 0.3) is 0 Å². The summed E-state index contributed by atoms with van der Waals surface area (Å²) in [5, 5.41) is 0.750. The van der Waals surface area contributed by atoms with Gasteiger partial charge in [-0.2, -0.15) is 0 Å². The van der Waals surface area contributed by atoms with Crippen molar-refractivity contribution in [2.24, 2.45) is 11.7 Å². The molecule has 4 heteroatoms. The molecule has 2 N–H and O–H groups in total. The van der Waals surface area contributed by atoms with Crippen LogP contribution in [0.15, 0.2) is 18.2 Å². The number of rotatable bonds is 3. The standard InChI is InChI=1S/C14H21ClN2O/c1-10-5-13(16)9-17(7-10)8-11-6-12(15)3-4-14(11)18-2/h3-4,6,10,13H,5,7-9,16H2,1-2H3. The lowest BCUT2D eigenvalue weighted by Crippen LogP contribution is -2.45. The van der Waals surface area contributed by atoms with E-state index < -0.39 is 0 Å². The van der Waals surface area contributed by atoms with Crippen molar-refractivity contribution < 1.29 is 4.74 Å². The Morgan fingerprint density at radius 1 is 1.44 bits per heavy atom. The van der Waals surface area contributed by atoms with E-state index in [0.717, 1.165) is 42.4 Å². The van der Waals surface area contributed by atoms with Crippen LogP contribution in [0.3, 0.4) is 0 Å². The Bertz CT molecular complexity index is 401. The molecule has 3 nitrogen and oxygen atoms in total. The van der Waals surface area contributed by atoms with Crippen LogP contribution in [0, 0.1) is 5.92 Å². The number of ether oxygens (including phenoxy) is 1. The number of nitrogens with two attached hydrogens (primary N) is 1. The quantitative estimate of drug-likeness (QED) is 0.916. The Morgan fingerprint density at radius 2 is 2.22 bits per heavy atom. The van der Waals surface area contributed by atoms with Crippen LogP contribution in [0.2, 0.25) is 5.02 Å². The summed E-state index contributed by atoms with van der Waals surface area (Å²) >= 11 is 6.05. The van der Waals surface area contributed by atoms with Crippen molar-refractivity contribution in [2.75, 3.05) is 20.2 Å². The number of likely N-dealkylation sites (tertiary alicyclic amines) is 1. The molecule has 0 aromatic heterocycles. The van der Waals surface area contributed by atoms with Gasteiger partial charge in [0.2, 0.25) is 0 Å². The van der Waals surface area contributed by atoms with E-state index in [1.807, 2.05) is 18.2 Å². The van der Waals surface area contributed by atoms with Gasteiger partial charge in [-0.1, -0.05) is 18.5 Å². The maximum atomic E-state index is 6.07. The van der Waals surface area contributed by atoms with E-state index in [0.29, 0.717) is 5.92 Å². The minimum atomic E-state index is 0.277. The van der Waals surface area contributed by atoms with Gasteiger partial charge in [-0.15, -0.1) is 0 Å². The highest BCUT2D eigenvalue weighted by atomic mass is 35.5. The van der Waals surface area contributed by atoms with Crippen LogP contribution in [-0.4, -0.2) is 31.1 Å². The number of nitrogens with zero attached hydrogens (tertiary/aromatic N) is 1. The molecule has 1 aliphatic heterocycles. The molecule has 1 aromatic carbocycles. The molecule has 1 fully saturated rings. The van der Waals surface area contributed by atoms with Gasteiger partial charge in [-0.3, -0.25) is 4.90 Å². The molecule has 0 aliphatic carbocycles. The van der Waals surface area contributed by atoms with Crippen LogP contribution < -0.4 is 10.5 Å². The molecule has 0 amide bonds. The fourth-order valence-electron chi connectivity index (χ4n) is 2.75. The van der Waals surface area contributed by atoms with E-state index in [1.165, 1.54) is 0 Å². The SMILES string of the molecule is COc1ccc(Cl)cc1CN1CC(C)CC(N)C1. The normalized spacial score (nSPS) is 25.1. The molecule has 1 heterocycles. The number of halogens is 1. The maximum absolute atomic E-state index is 6.07. The second kappa shape index (κ2) is 5.91. The first-order valence-electron chi connectivity index (χ1n) is 6.39. The van der Waals surface area contributed by atoms with Crippen LogP contribution in [0.5, 0.6) is 5.75 Å². The molecule has 18 heavy (non-hydrogen) atoms. The van der Waals surface area contributed by atoms with Crippen LogP contribution in [-0.2, 0) is 6.54 Å². The molecule has 0 radical (unpaired) electrons. The highest BCUT2D eigenvalue weighted by molar-refractivity contribution is 6.30. The smallest absolute Gasteiger partial charge is 0.123 e. The Balaban J connectivity index is 2.10. The third kappa shape index (κ3) is 3.37. The summed E-state index contributed by atoms with van der Waals surface area (Å²) in [4.78, 5) is 2.38. The number of benzene rings is 1. The number of hydrogen-bond donors (Lipinski definition) is 1. The monoisotopic (exact) mass is 268 g/mol. The lowest BCUT2D eigenvalue weighted by atomic mass is 9.96. The Labute approximate surface area is 114 Å². The number of piperidine rings is 1. The van der Waals surface area contributed by atoms with Crippen molar-refractivity contribution in [3.63, 3.8) is 0 Å². The third-order valence-electron chi connectivity index (χ3n) is 3.40. The van der Waals surface area contributed by atoms with Gasteiger partial charge in [-0.25, -0.2) is 0 Å². The molecular weight excluding hydrogens is 248 g/mol. The van der Waals surface area contributed by atoms with Crippen molar-refractivity contribution >= 4 is 11.6 Å². The second-order valence-corrected chi connectivity index (χ2v) is 5.69. The molecule has 2 unspecified atom stereocenters. The van der Waals surface area contributed by atoms with Gasteiger partial charge in [0, 0.05) is 36.3 Å². The van der Waals surface area contributed by atoms with E-state index in [-0.39, 0.29) is 6.04 Å². The molecule has 0 saturated carbocycles. The molecule has 1 aliphatic rings. The van der Waals surface area contributed by atoms with Gasteiger partial charge < -0.3 is 10.5 Å². The van der Waals surface area contributed by atoms with Crippen LogP contribution in [0.1, 0.15) is 18.9 Å². The van der Waals surface area contributed by atoms with E-state index in [2.05, 4.69) is 11.8 Å². The molecular formula is C14H21ClN2O. The molecule has 2 atom stereocenters. The van der Waals surface area contributed by atoms with E-state index >= 15 is 0 Å². The Morgan fingerprint density at radius 3 is 2.89 bits per heavy atom. The number of hydrogen-bond acceptors (Lipinski definition) is 3. The predicted octanol–water partition coefficient (Wildman–Crippen LogP) is 2.52. The summed E-state index contributed by atoms with van der Waals surface area (Å²) in [7, 11) is 1.69. The van der Waals surface area contributed by atoms with Gasteiger partial charge >= 0.3 is 0 Å². The first-order valence-corrected chi connectivity index (χ1v) is 6.76. The lowest BCUT2D eigenvalue weighted by Gasteiger charge is -2.35. The van der Waals surface area contributed by atoms with Crippen molar-refractivity contribution in [1.29, 1.82) is 0 Å². The lowest BCUT2D eigenvalue weighted by molar-refractivity contribution is 0.157. The van der Waals surface area contributed by atoms with Gasteiger partial charge in [0.15, 0.2) is 0 Å². The first kappa shape index (κ1) is 13.7. The van der Waals surface area contributed by atoms with Gasteiger partial charge in [0.1, 0.15) is 5.75 Å². The minimum absolute atomic E-state index is 0.277. The summed E-state index contributed by atoms with van der Waals surface area (Å²) in [6.45, 7) is 5.13. The van der Waals surface area contributed by atoms with Crippen molar-refractivity contribution in [3.8, 4) is 5.75 Å². The highest BCUT2D eigenvalue weighted by Crippen LogP contribution is 2.26. The summed E-state index contributed by atoms with van der Waals surface area (Å²) in [6.07, 6.45) is 1.11. The summed E-state index contributed by atoms with van der Waals surface area (Å²) in [5.41, 5.74) is 7.20.